The average Bonchev–Trinajstić information content (AvgIpc) is 2.85. The fourth-order valence-electron chi connectivity index (χ4n) is 2.71. The monoisotopic (exact) mass is 312 g/mol. The summed E-state index contributed by atoms with van der Waals surface area (Å²) in [5.74, 6) is 0.771. The topological polar surface area (TPSA) is 75.2 Å². The van der Waals surface area contributed by atoms with Gasteiger partial charge in [-0.25, -0.2) is 8.42 Å². The second-order valence-electron chi connectivity index (χ2n) is 5.92. The first-order valence-electron chi connectivity index (χ1n) is 7.42. The predicted molar refractivity (Wildman–Crippen MR) is 83.7 cm³/mol. The summed E-state index contributed by atoms with van der Waals surface area (Å²) in [6.07, 6.45) is 4.73. The summed E-state index contributed by atoms with van der Waals surface area (Å²) >= 11 is 0. The third kappa shape index (κ3) is 4.64. The van der Waals surface area contributed by atoms with Gasteiger partial charge in [0, 0.05) is 18.6 Å². The van der Waals surface area contributed by atoms with Gasteiger partial charge in [-0.3, -0.25) is 0 Å². The van der Waals surface area contributed by atoms with E-state index in [1.165, 1.54) is 6.26 Å². The van der Waals surface area contributed by atoms with Crippen molar-refractivity contribution in [2.45, 2.75) is 51.6 Å². The minimum atomic E-state index is -3.09. The SMILES string of the molecule is CC(C)Nc1ccc(CC[C@H]2CCCN2S(C)(=O)=O)nn1. The Balaban J connectivity index is 1.91. The summed E-state index contributed by atoms with van der Waals surface area (Å²) in [5.41, 5.74) is 0.907. The highest BCUT2D eigenvalue weighted by Crippen LogP contribution is 2.24. The van der Waals surface area contributed by atoms with Crippen LogP contribution >= 0.6 is 0 Å². The average molecular weight is 312 g/mol. The van der Waals surface area contributed by atoms with Crippen LogP contribution in [0.4, 0.5) is 5.82 Å². The second kappa shape index (κ2) is 6.70. The Bertz CT molecular complexity index is 557. The van der Waals surface area contributed by atoms with Crippen LogP contribution in [0.1, 0.15) is 38.8 Å². The standard InChI is InChI=1S/C14H24N4O2S/c1-11(2)15-14-9-7-12(16-17-14)6-8-13-5-4-10-18(13)21(3,19)20/h7,9,11,13H,4-6,8,10H2,1-3H3,(H,15,17)/t13-/m1/s1. The number of rotatable bonds is 6. The van der Waals surface area contributed by atoms with E-state index in [0.717, 1.165) is 37.2 Å². The Kier molecular flexibility index (Phi) is 5.16. The Morgan fingerprint density at radius 3 is 2.71 bits per heavy atom. The van der Waals surface area contributed by atoms with Gasteiger partial charge in [0.05, 0.1) is 11.9 Å². The molecule has 6 nitrogen and oxygen atoms in total. The molecule has 21 heavy (non-hydrogen) atoms. The number of nitrogens with one attached hydrogen (secondary N) is 1. The van der Waals surface area contributed by atoms with E-state index in [1.807, 2.05) is 12.1 Å². The van der Waals surface area contributed by atoms with Crippen LogP contribution in [0.15, 0.2) is 12.1 Å². The Hall–Kier alpha value is -1.21. The largest absolute Gasteiger partial charge is 0.366 e. The molecule has 1 N–H and O–H groups in total. The summed E-state index contributed by atoms with van der Waals surface area (Å²) in [4.78, 5) is 0. The molecule has 2 rings (SSSR count). The Morgan fingerprint density at radius 1 is 1.38 bits per heavy atom. The van der Waals surface area contributed by atoms with Crippen LogP contribution in [0.25, 0.3) is 0 Å². The van der Waals surface area contributed by atoms with Gasteiger partial charge in [0.25, 0.3) is 0 Å². The highest BCUT2D eigenvalue weighted by atomic mass is 32.2. The number of hydrogen-bond acceptors (Lipinski definition) is 5. The maximum absolute atomic E-state index is 11.7. The lowest BCUT2D eigenvalue weighted by Crippen LogP contribution is -2.34. The molecule has 7 heteroatoms. The highest BCUT2D eigenvalue weighted by Gasteiger charge is 2.30. The van der Waals surface area contributed by atoms with Gasteiger partial charge in [-0.1, -0.05) is 0 Å². The van der Waals surface area contributed by atoms with Crippen molar-refractivity contribution in [1.82, 2.24) is 14.5 Å². The van der Waals surface area contributed by atoms with E-state index < -0.39 is 10.0 Å². The molecule has 1 fully saturated rings. The molecule has 2 heterocycles. The fourth-order valence-corrected chi connectivity index (χ4v) is 3.93. The van der Waals surface area contributed by atoms with Crippen molar-refractivity contribution in [3.63, 3.8) is 0 Å². The zero-order valence-corrected chi connectivity index (χ0v) is 13.7. The predicted octanol–water partition coefficient (Wildman–Crippen LogP) is 1.65. The van der Waals surface area contributed by atoms with Crippen LogP contribution in [-0.4, -0.2) is 47.8 Å². The van der Waals surface area contributed by atoms with Crippen molar-refractivity contribution in [1.29, 1.82) is 0 Å². The van der Waals surface area contributed by atoms with E-state index in [0.29, 0.717) is 12.6 Å². The first kappa shape index (κ1) is 16.2. The number of hydrogen-bond donors (Lipinski definition) is 1. The van der Waals surface area contributed by atoms with Crippen molar-refractivity contribution < 1.29 is 8.42 Å². The third-order valence-electron chi connectivity index (χ3n) is 3.64. The second-order valence-corrected chi connectivity index (χ2v) is 7.85. The third-order valence-corrected chi connectivity index (χ3v) is 4.97. The summed E-state index contributed by atoms with van der Waals surface area (Å²) in [6.45, 7) is 4.75. The van der Waals surface area contributed by atoms with E-state index in [9.17, 15) is 8.42 Å². The lowest BCUT2D eigenvalue weighted by atomic mass is 10.1. The van der Waals surface area contributed by atoms with Crippen LogP contribution in [0.2, 0.25) is 0 Å². The van der Waals surface area contributed by atoms with Crippen LogP contribution in [-0.2, 0) is 16.4 Å². The zero-order valence-electron chi connectivity index (χ0n) is 12.9. The normalized spacial score (nSPS) is 20.1. The van der Waals surface area contributed by atoms with Crippen molar-refractivity contribution in [2.75, 3.05) is 18.1 Å². The van der Waals surface area contributed by atoms with E-state index in [4.69, 9.17) is 0 Å². The molecule has 1 atom stereocenters. The maximum atomic E-state index is 11.7. The number of nitrogens with zero attached hydrogens (tertiary/aromatic N) is 3. The van der Waals surface area contributed by atoms with Crippen LogP contribution < -0.4 is 5.32 Å². The first-order chi connectivity index (χ1) is 9.86. The fraction of sp³-hybridized carbons (Fsp3) is 0.714. The van der Waals surface area contributed by atoms with E-state index in [1.54, 1.807) is 4.31 Å². The molecule has 0 saturated carbocycles. The van der Waals surface area contributed by atoms with Crippen LogP contribution in [0.3, 0.4) is 0 Å². The smallest absolute Gasteiger partial charge is 0.211 e. The molecule has 1 saturated heterocycles. The maximum Gasteiger partial charge on any atom is 0.211 e. The van der Waals surface area contributed by atoms with Crippen molar-refractivity contribution >= 4 is 15.8 Å². The van der Waals surface area contributed by atoms with Gasteiger partial charge in [-0.05, 0) is 51.7 Å². The van der Waals surface area contributed by atoms with Crippen LogP contribution in [0.5, 0.6) is 0 Å². The van der Waals surface area contributed by atoms with Crippen molar-refractivity contribution in [3.05, 3.63) is 17.8 Å². The number of sulfonamides is 1. The van der Waals surface area contributed by atoms with Crippen molar-refractivity contribution in [2.24, 2.45) is 0 Å². The molecule has 118 valence electrons. The van der Waals surface area contributed by atoms with Gasteiger partial charge >= 0.3 is 0 Å². The molecule has 0 aromatic carbocycles. The van der Waals surface area contributed by atoms with Gasteiger partial charge in [0.15, 0.2) is 0 Å². The molecule has 0 unspecified atom stereocenters. The number of anilines is 1. The molecule has 0 radical (unpaired) electrons. The van der Waals surface area contributed by atoms with E-state index >= 15 is 0 Å². The first-order valence-corrected chi connectivity index (χ1v) is 9.27. The van der Waals surface area contributed by atoms with Gasteiger partial charge < -0.3 is 5.32 Å². The Morgan fingerprint density at radius 2 is 2.14 bits per heavy atom. The summed E-state index contributed by atoms with van der Waals surface area (Å²) in [5, 5.41) is 11.5. The lowest BCUT2D eigenvalue weighted by molar-refractivity contribution is 0.372. The van der Waals surface area contributed by atoms with Gasteiger partial charge in [0.2, 0.25) is 10.0 Å². The molecule has 0 spiro atoms. The van der Waals surface area contributed by atoms with Gasteiger partial charge in [-0.15, -0.1) is 5.10 Å². The van der Waals surface area contributed by atoms with Crippen LogP contribution in [0, 0.1) is 0 Å². The summed E-state index contributed by atoms with van der Waals surface area (Å²) in [7, 11) is -3.09. The number of aryl methyl sites for hydroxylation is 1. The molecule has 0 bridgehead atoms. The molecule has 1 aliphatic heterocycles. The molecule has 1 aliphatic rings. The molecule has 0 aliphatic carbocycles. The minimum absolute atomic E-state index is 0.107. The molecule has 1 aromatic heterocycles. The lowest BCUT2D eigenvalue weighted by Gasteiger charge is -2.21. The molecule has 1 aromatic rings. The zero-order chi connectivity index (χ0) is 15.5. The van der Waals surface area contributed by atoms with E-state index in [-0.39, 0.29) is 6.04 Å². The summed E-state index contributed by atoms with van der Waals surface area (Å²) < 4.78 is 25.0. The summed E-state index contributed by atoms with van der Waals surface area (Å²) in [6, 6.07) is 4.31. The quantitative estimate of drug-likeness (QED) is 0.864. The van der Waals surface area contributed by atoms with Gasteiger partial charge in [0.1, 0.15) is 5.82 Å². The van der Waals surface area contributed by atoms with E-state index in [2.05, 4.69) is 29.4 Å². The highest BCUT2D eigenvalue weighted by molar-refractivity contribution is 7.88. The molecular weight excluding hydrogens is 288 g/mol. The molecular formula is C14H24N4O2S. The Labute approximate surface area is 127 Å². The van der Waals surface area contributed by atoms with Gasteiger partial charge in [-0.2, -0.15) is 9.40 Å². The number of aromatic nitrogens is 2. The van der Waals surface area contributed by atoms with Crippen molar-refractivity contribution in [3.8, 4) is 0 Å². The molecule has 0 amide bonds. The minimum Gasteiger partial charge on any atom is -0.366 e.